The Morgan fingerprint density at radius 3 is 2.13 bits per heavy atom. The van der Waals surface area contributed by atoms with Crippen LogP contribution in [0.1, 0.15) is 71.6 Å². The van der Waals surface area contributed by atoms with Crippen molar-refractivity contribution in [1.82, 2.24) is 4.98 Å². The summed E-state index contributed by atoms with van der Waals surface area (Å²) in [7, 11) is -3.49. The van der Waals surface area contributed by atoms with Crippen LogP contribution in [0, 0.1) is 6.92 Å². The van der Waals surface area contributed by atoms with Crippen molar-refractivity contribution < 1.29 is 166 Å². The molecule has 0 saturated carbocycles. The van der Waals surface area contributed by atoms with Gasteiger partial charge in [0.05, 0.1) is 70.2 Å². The first-order valence-corrected chi connectivity index (χ1v) is 18.1. The third-order valence-electron chi connectivity index (χ3n) is 9.34. The summed E-state index contributed by atoms with van der Waals surface area (Å²) in [6, 6.07) is 0. The minimum atomic E-state index is -4.68. The van der Waals surface area contributed by atoms with Gasteiger partial charge in [-0.2, -0.15) is 0 Å². The fourth-order valence-electron chi connectivity index (χ4n) is 6.63. The minimum absolute atomic E-state index is 0. The molecule has 1 aromatic heterocycles. The molecule has 0 unspecified atom stereocenters. The first-order chi connectivity index (χ1) is 24.4. The fraction of sp³-hybridized carbons (Fsp3) is 0.351. The largest absolute Gasteiger partial charge is 2.00 e. The van der Waals surface area contributed by atoms with E-state index in [1.807, 2.05) is 13.8 Å². The molecule has 55 heavy (non-hydrogen) atoms. The van der Waals surface area contributed by atoms with E-state index in [2.05, 4.69) is 9.98 Å². The zero-order valence-electron chi connectivity index (χ0n) is 32.2. The summed E-state index contributed by atoms with van der Waals surface area (Å²) in [6.07, 6.45) is 4.92. The number of aliphatic imine (C=N–C) groups is 4. The number of carbonyl (C=O) groups is 2. The number of ether oxygens (including phenoxy) is 1. The zero-order chi connectivity index (χ0) is 38.2. The molecule has 282 valence electrons. The maximum atomic E-state index is 13.8. The van der Waals surface area contributed by atoms with Gasteiger partial charge in [0.25, 0.3) is 0 Å². The molecule has 5 rings (SSSR count). The monoisotopic (exact) mass is 911 g/mol. The first kappa shape index (κ1) is 49.7. The molecule has 8 bridgehead atoms. The number of aromatic amines is 1. The Morgan fingerprint density at radius 1 is 0.891 bits per heavy atom. The Bertz CT molecular complexity index is 2390. The van der Waals surface area contributed by atoms with E-state index in [1.54, 1.807) is 39.0 Å². The summed E-state index contributed by atoms with van der Waals surface area (Å²) in [5.74, 6) is -3.98. The van der Waals surface area contributed by atoms with Crippen molar-refractivity contribution in [2.45, 2.75) is 67.2 Å². The van der Waals surface area contributed by atoms with Crippen molar-refractivity contribution in [3.63, 3.8) is 0 Å². The zero-order valence-corrected chi connectivity index (χ0v) is 40.8. The van der Waals surface area contributed by atoms with Crippen molar-refractivity contribution in [2.75, 3.05) is 19.4 Å². The summed E-state index contributed by atoms with van der Waals surface area (Å²) >= 11 is 0. The van der Waals surface area contributed by atoms with Gasteiger partial charge in [-0.25, -0.2) is 23.4 Å². The summed E-state index contributed by atoms with van der Waals surface area (Å²) in [4.78, 5) is 46.6. The van der Waals surface area contributed by atoms with Crippen LogP contribution in [0.3, 0.4) is 0 Å². The second-order valence-electron chi connectivity index (χ2n) is 12.6. The van der Waals surface area contributed by atoms with E-state index >= 15 is 0 Å². The van der Waals surface area contributed by atoms with Gasteiger partial charge < -0.3 is 34.4 Å². The van der Waals surface area contributed by atoms with Crippen LogP contribution in [0.4, 0.5) is 0 Å². The Kier molecular flexibility index (Phi) is 18.5. The number of hydrogen-bond acceptors (Lipinski definition) is 13. The average Bonchev–Trinajstić information content (AvgIpc) is 3.74. The molecule has 0 spiro atoms. The van der Waals surface area contributed by atoms with Crippen molar-refractivity contribution in [3.8, 4) is 0 Å². The predicted octanol–water partition coefficient (Wildman–Crippen LogP) is -5.79. The number of aromatic nitrogens is 1. The molecule has 0 atom stereocenters. The van der Waals surface area contributed by atoms with Gasteiger partial charge in [-0.3, -0.25) is 9.79 Å². The third kappa shape index (κ3) is 11.0. The number of H-pyrrole nitrogens is 1. The number of nitrogens with zero attached hydrogens (tertiary/aromatic N) is 4. The number of rotatable bonds is 10. The molecule has 1 aromatic rings. The van der Waals surface area contributed by atoms with E-state index in [4.69, 9.17) is 19.7 Å². The van der Waals surface area contributed by atoms with Crippen LogP contribution in [0.5, 0.6) is 0 Å². The third-order valence-corrected chi connectivity index (χ3v) is 10.0. The van der Waals surface area contributed by atoms with Crippen LogP contribution in [0.15, 0.2) is 82.1 Å². The molecule has 0 fully saturated rings. The SMILES string of the molecule is CCC1=C(C)C2=NC1=CC1=NC(=C(CC(=O)OC)C3=NC(=Cc4[nH]c(/c(=C(\C)[O-])c4C)=C2)C(C)=C3CCC(=O)[O-])C(C([O-])=NCCS(=O)(=O)[O-])=C1C.[K+].[K+].[Pd+2]. The van der Waals surface area contributed by atoms with Gasteiger partial charge in [-0.15, -0.1) is 5.76 Å². The van der Waals surface area contributed by atoms with Crippen molar-refractivity contribution in [2.24, 2.45) is 20.0 Å². The van der Waals surface area contributed by atoms with Gasteiger partial charge >= 0.3 is 129 Å². The van der Waals surface area contributed by atoms with E-state index in [9.17, 15) is 37.9 Å². The van der Waals surface area contributed by atoms with E-state index in [1.165, 1.54) is 14.0 Å². The minimum Gasteiger partial charge on any atom is -0.875 e. The number of esters is 1. The Hall–Kier alpha value is -1.47. The van der Waals surface area contributed by atoms with Crippen molar-refractivity contribution in [3.05, 3.63) is 84.0 Å². The molecule has 0 radical (unpaired) electrons. The topological polar surface area (TPSA) is 235 Å². The number of aliphatic carboxylic acids is 1. The van der Waals surface area contributed by atoms with Gasteiger partial charge in [-0.05, 0) is 110 Å². The Morgan fingerprint density at radius 2 is 1.55 bits per heavy atom. The standard InChI is InChI=1S/C37H41N5O9S.2K.Pd/c1-8-22-17(2)25-16-30-33(21(6)43)19(4)27(40-30)14-26-18(3)23(9-10-31(44)45)35(41-26)24(13-32(46)51-7)36-34(37(47)38-11-12-52(48,49)50)20(5)28(42-36)15-29(22)39-25;;;/h14-16,40,43H,8-13H2,1-7H3,(H,38,47)(H,44,45)(H,48,49,50);;;/q;2*+1;+2/p-4/b26-14?,29-15?,30-16?,33-21+,36-24?;;;. The number of fused-ring (bicyclic) bond motifs is 5. The molecule has 0 aliphatic carbocycles. The predicted molar refractivity (Wildman–Crippen MR) is 190 cm³/mol. The maximum absolute atomic E-state index is 13.8. The number of carboxylic acid groups (broad SMARTS) is 1. The molecule has 0 aromatic carbocycles. The van der Waals surface area contributed by atoms with Crippen LogP contribution < -0.4 is 129 Å². The molecule has 18 heteroatoms. The summed E-state index contributed by atoms with van der Waals surface area (Å²) in [5.41, 5.74) is 6.45. The number of hydrogen-bond donors (Lipinski definition) is 1. The fourth-order valence-corrected chi connectivity index (χ4v) is 6.94. The van der Waals surface area contributed by atoms with E-state index in [0.717, 1.165) is 11.1 Å². The quantitative estimate of drug-likeness (QED) is 0.0774. The van der Waals surface area contributed by atoms with Crippen LogP contribution in [-0.2, 0) is 44.9 Å². The van der Waals surface area contributed by atoms with Crippen LogP contribution in [0.25, 0.3) is 17.9 Å². The summed E-state index contributed by atoms with van der Waals surface area (Å²) in [6.45, 7) is 9.92. The molecular weight excluding hydrogens is 875 g/mol. The molecule has 14 nitrogen and oxygen atoms in total. The van der Waals surface area contributed by atoms with E-state index < -0.39 is 46.7 Å². The van der Waals surface area contributed by atoms with Gasteiger partial charge in [0, 0.05) is 28.2 Å². The van der Waals surface area contributed by atoms with Gasteiger partial charge in [0.15, 0.2) is 0 Å². The van der Waals surface area contributed by atoms with Crippen LogP contribution in [0.2, 0.25) is 0 Å². The normalized spacial score (nSPS) is 17.3. The van der Waals surface area contributed by atoms with Crippen molar-refractivity contribution in [1.29, 1.82) is 0 Å². The molecule has 1 N–H and O–H groups in total. The van der Waals surface area contributed by atoms with E-state index in [-0.39, 0.29) is 164 Å². The molecule has 0 saturated heterocycles. The average molecular weight is 912 g/mol. The van der Waals surface area contributed by atoms with Gasteiger partial charge in [0.1, 0.15) is 0 Å². The summed E-state index contributed by atoms with van der Waals surface area (Å²) in [5, 5.41) is 39.5. The number of allylic oxidation sites excluding steroid dienone is 6. The summed E-state index contributed by atoms with van der Waals surface area (Å²) < 4.78 is 39.0. The molecule has 0 amide bonds. The smallest absolute Gasteiger partial charge is 0.875 e. The molecular formula is C37H37K2N5O9PdS. The number of carbonyl (C=O) groups excluding carboxylic acids is 2. The first-order valence-electron chi connectivity index (χ1n) is 16.5. The molecule has 4 aliphatic rings. The van der Waals surface area contributed by atoms with Crippen molar-refractivity contribution >= 4 is 63.0 Å². The maximum Gasteiger partial charge on any atom is 2.00 e. The number of nitrogens with one attached hydrogen (secondary N) is 1. The molecule has 4 aliphatic heterocycles. The second kappa shape index (κ2) is 20.5. The second-order valence-corrected chi connectivity index (χ2v) is 14.2. The van der Waals surface area contributed by atoms with E-state index in [0.29, 0.717) is 67.8 Å². The Labute approximate surface area is 418 Å². The van der Waals surface area contributed by atoms with Gasteiger partial charge in [-0.1, -0.05) is 13.8 Å². The Balaban J connectivity index is 0.00000348. The molecule has 5 heterocycles. The number of methoxy groups -OCH3 is 1. The number of carboxylic acids is 1. The van der Waals surface area contributed by atoms with Crippen LogP contribution in [-0.4, -0.2) is 72.3 Å². The van der Waals surface area contributed by atoms with Gasteiger partial charge in [0.2, 0.25) is 0 Å². The van der Waals surface area contributed by atoms with Crippen LogP contribution >= 0.6 is 0 Å².